The molecule has 2 aliphatic rings. The summed E-state index contributed by atoms with van der Waals surface area (Å²) >= 11 is 0. The molecule has 0 saturated heterocycles. The lowest BCUT2D eigenvalue weighted by atomic mass is 9.95. The maximum Gasteiger partial charge on any atom is 0.0675 e. The Hall–Kier alpha value is -0.120. The van der Waals surface area contributed by atoms with Crippen molar-refractivity contribution in [2.45, 2.75) is 56.6 Å². The van der Waals surface area contributed by atoms with Gasteiger partial charge in [-0.2, -0.15) is 0 Å². The Labute approximate surface area is 92.0 Å². The van der Waals surface area contributed by atoms with E-state index in [2.05, 4.69) is 0 Å². The van der Waals surface area contributed by atoms with Gasteiger partial charge in [-0.25, -0.2) is 0 Å². The van der Waals surface area contributed by atoms with Crippen molar-refractivity contribution >= 4 is 0 Å². The number of rotatable bonds is 5. The van der Waals surface area contributed by atoms with Gasteiger partial charge in [0.1, 0.15) is 0 Å². The molecule has 0 aromatic rings. The lowest BCUT2D eigenvalue weighted by Gasteiger charge is -2.31. The van der Waals surface area contributed by atoms with Gasteiger partial charge in [-0.3, -0.25) is 0 Å². The van der Waals surface area contributed by atoms with Crippen molar-refractivity contribution < 1.29 is 9.84 Å². The van der Waals surface area contributed by atoms with Gasteiger partial charge < -0.3 is 15.6 Å². The Morgan fingerprint density at radius 3 is 2.33 bits per heavy atom. The number of hydrogen-bond acceptors (Lipinski definition) is 3. The fraction of sp³-hybridized carbons (Fsp3) is 1.00. The van der Waals surface area contributed by atoms with E-state index in [-0.39, 0.29) is 6.61 Å². The highest BCUT2D eigenvalue weighted by Gasteiger charge is 2.42. The Kier molecular flexibility index (Phi) is 3.65. The quantitative estimate of drug-likeness (QED) is 0.726. The van der Waals surface area contributed by atoms with Gasteiger partial charge in [0.25, 0.3) is 0 Å². The van der Waals surface area contributed by atoms with E-state index >= 15 is 0 Å². The fourth-order valence-electron chi connectivity index (χ4n) is 2.46. The zero-order chi connectivity index (χ0) is 10.7. The van der Waals surface area contributed by atoms with E-state index < -0.39 is 5.54 Å². The minimum Gasteiger partial charge on any atom is -0.394 e. The van der Waals surface area contributed by atoms with Crippen LogP contribution in [0.2, 0.25) is 0 Å². The summed E-state index contributed by atoms with van der Waals surface area (Å²) in [5.74, 6) is 0.492. The molecule has 0 heterocycles. The summed E-state index contributed by atoms with van der Waals surface area (Å²) < 4.78 is 5.86. The maximum atomic E-state index is 9.32. The van der Waals surface area contributed by atoms with Crippen molar-refractivity contribution in [2.24, 2.45) is 11.7 Å². The van der Waals surface area contributed by atoms with E-state index in [1.807, 2.05) is 0 Å². The molecular formula is C12H23NO2. The van der Waals surface area contributed by atoms with E-state index in [0.29, 0.717) is 18.6 Å². The standard InChI is InChI=1S/C12H23NO2/c13-12(8-14,10-6-7-10)9-15-11-4-2-1-3-5-11/h10-11,14H,1-9,13H2. The highest BCUT2D eigenvalue weighted by atomic mass is 16.5. The summed E-state index contributed by atoms with van der Waals surface area (Å²) in [5, 5.41) is 9.32. The van der Waals surface area contributed by atoms with Crippen LogP contribution in [0.15, 0.2) is 0 Å². The van der Waals surface area contributed by atoms with Crippen molar-refractivity contribution in [2.75, 3.05) is 13.2 Å². The highest BCUT2D eigenvalue weighted by molar-refractivity contribution is 4.98. The summed E-state index contributed by atoms with van der Waals surface area (Å²) in [4.78, 5) is 0. The van der Waals surface area contributed by atoms with E-state index in [0.717, 1.165) is 12.8 Å². The van der Waals surface area contributed by atoms with Crippen LogP contribution >= 0.6 is 0 Å². The van der Waals surface area contributed by atoms with Crippen LogP contribution in [0.4, 0.5) is 0 Å². The zero-order valence-corrected chi connectivity index (χ0v) is 9.45. The van der Waals surface area contributed by atoms with Crippen molar-refractivity contribution in [1.82, 2.24) is 0 Å². The molecule has 1 unspecified atom stereocenters. The predicted molar refractivity (Wildman–Crippen MR) is 59.6 cm³/mol. The van der Waals surface area contributed by atoms with Crippen LogP contribution in [0.5, 0.6) is 0 Å². The van der Waals surface area contributed by atoms with Gasteiger partial charge in [-0.05, 0) is 31.6 Å². The molecule has 2 rings (SSSR count). The first kappa shape index (κ1) is 11.4. The number of hydrogen-bond donors (Lipinski definition) is 2. The molecule has 0 spiro atoms. The summed E-state index contributed by atoms with van der Waals surface area (Å²) in [6.07, 6.45) is 8.97. The maximum absolute atomic E-state index is 9.32. The number of aliphatic hydroxyl groups is 1. The molecule has 3 heteroatoms. The molecule has 0 aromatic heterocycles. The first-order valence-corrected chi connectivity index (χ1v) is 6.26. The van der Waals surface area contributed by atoms with Crippen LogP contribution < -0.4 is 5.73 Å². The number of nitrogens with two attached hydrogens (primary N) is 1. The van der Waals surface area contributed by atoms with Crippen LogP contribution in [0.1, 0.15) is 44.9 Å². The largest absolute Gasteiger partial charge is 0.394 e. The average molecular weight is 213 g/mol. The molecule has 88 valence electrons. The number of aliphatic hydroxyl groups excluding tert-OH is 1. The summed E-state index contributed by atoms with van der Waals surface area (Å²) in [5.41, 5.74) is 5.68. The van der Waals surface area contributed by atoms with Gasteiger partial charge in [0.15, 0.2) is 0 Å². The minimum atomic E-state index is -0.461. The third-order valence-electron chi connectivity index (χ3n) is 3.82. The first-order chi connectivity index (χ1) is 7.24. The molecule has 15 heavy (non-hydrogen) atoms. The average Bonchev–Trinajstić information content (AvgIpc) is 3.11. The van der Waals surface area contributed by atoms with Crippen LogP contribution in [0.25, 0.3) is 0 Å². The molecule has 1 atom stereocenters. The van der Waals surface area contributed by atoms with E-state index in [4.69, 9.17) is 10.5 Å². The van der Waals surface area contributed by atoms with Gasteiger partial charge in [-0.15, -0.1) is 0 Å². The fourth-order valence-corrected chi connectivity index (χ4v) is 2.46. The van der Waals surface area contributed by atoms with Crippen molar-refractivity contribution in [3.05, 3.63) is 0 Å². The zero-order valence-electron chi connectivity index (χ0n) is 9.45. The molecular weight excluding hydrogens is 190 g/mol. The lowest BCUT2D eigenvalue weighted by Crippen LogP contribution is -2.51. The second-order valence-electron chi connectivity index (χ2n) is 5.24. The molecule has 0 aliphatic heterocycles. The predicted octanol–water partition coefficient (Wildman–Crippen LogP) is 1.44. The monoisotopic (exact) mass is 213 g/mol. The molecule has 0 aromatic carbocycles. The summed E-state index contributed by atoms with van der Waals surface area (Å²) in [6.45, 7) is 0.600. The van der Waals surface area contributed by atoms with Gasteiger partial charge in [0.2, 0.25) is 0 Å². The molecule has 2 aliphatic carbocycles. The van der Waals surface area contributed by atoms with Crippen LogP contribution in [-0.4, -0.2) is 30.0 Å². The molecule has 2 fully saturated rings. The van der Waals surface area contributed by atoms with Crippen molar-refractivity contribution in [3.8, 4) is 0 Å². The van der Waals surface area contributed by atoms with Crippen LogP contribution in [-0.2, 0) is 4.74 Å². The molecule has 0 radical (unpaired) electrons. The Balaban J connectivity index is 1.74. The van der Waals surface area contributed by atoms with Gasteiger partial charge in [0, 0.05) is 0 Å². The Morgan fingerprint density at radius 2 is 1.80 bits per heavy atom. The smallest absolute Gasteiger partial charge is 0.0675 e. The second kappa shape index (κ2) is 4.81. The molecule has 2 saturated carbocycles. The minimum absolute atomic E-state index is 0.0599. The lowest BCUT2D eigenvalue weighted by molar-refractivity contribution is -0.0191. The third kappa shape index (κ3) is 2.92. The molecule has 3 nitrogen and oxygen atoms in total. The SMILES string of the molecule is NC(CO)(COC1CCCCC1)C1CC1. The Morgan fingerprint density at radius 1 is 1.13 bits per heavy atom. The summed E-state index contributed by atoms with van der Waals surface area (Å²) in [7, 11) is 0. The summed E-state index contributed by atoms with van der Waals surface area (Å²) in [6, 6.07) is 0. The first-order valence-electron chi connectivity index (χ1n) is 6.26. The van der Waals surface area contributed by atoms with E-state index in [1.165, 1.54) is 32.1 Å². The van der Waals surface area contributed by atoms with Crippen LogP contribution in [0.3, 0.4) is 0 Å². The van der Waals surface area contributed by atoms with Crippen molar-refractivity contribution in [3.63, 3.8) is 0 Å². The van der Waals surface area contributed by atoms with Gasteiger partial charge in [0.05, 0.1) is 24.9 Å². The van der Waals surface area contributed by atoms with Gasteiger partial charge in [-0.1, -0.05) is 19.3 Å². The van der Waals surface area contributed by atoms with Crippen molar-refractivity contribution in [1.29, 1.82) is 0 Å². The number of ether oxygens (including phenoxy) is 1. The van der Waals surface area contributed by atoms with Gasteiger partial charge >= 0.3 is 0 Å². The normalized spacial score (nSPS) is 27.6. The third-order valence-corrected chi connectivity index (χ3v) is 3.82. The molecule has 3 N–H and O–H groups in total. The topological polar surface area (TPSA) is 55.5 Å². The molecule has 0 bridgehead atoms. The Bertz CT molecular complexity index is 200. The van der Waals surface area contributed by atoms with Crippen LogP contribution in [0, 0.1) is 5.92 Å². The van der Waals surface area contributed by atoms with E-state index in [1.54, 1.807) is 0 Å². The highest BCUT2D eigenvalue weighted by Crippen LogP contribution is 2.38. The van der Waals surface area contributed by atoms with E-state index in [9.17, 15) is 5.11 Å². The molecule has 0 amide bonds. The second-order valence-corrected chi connectivity index (χ2v) is 5.24.